The van der Waals surface area contributed by atoms with Crippen LogP contribution in [0.25, 0.3) is 0 Å². The number of amidine groups is 1. The van der Waals surface area contributed by atoms with Gasteiger partial charge >= 0.3 is 6.18 Å². The molecule has 9 heteroatoms. The van der Waals surface area contributed by atoms with Crippen LogP contribution in [0.5, 0.6) is 5.75 Å². The summed E-state index contributed by atoms with van der Waals surface area (Å²) in [6.07, 6.45) is -5.51. The maximum absolute atomic E-state index is 13.5. The predicted molar refractivity (Wildman–Crippen MR) is 114 cm³/mol. The number of alkyl halides is 4. The quantitative estimate of drug-likeness (QED) is 0.492. The van der Waals surface area contributed by atoms with Gasteiger partial charge in [-0.2, -0.15) is 13.2 Å². The monoisotopic (exact) mass is 451 g/mol. The molecule has 2 aliphatic rings. The highest BCUT2D eigenvalue weighted by Gasteiger charge is 2.39. The van der Waals surface area contributed by atoms with Crippen LogP contribution in [0, 0.1) is 0 Å². The first-order chi connectivity index (χ1) is 15.2. The van der Waals surface area contributed by atoms with E-state index < -0.39 is 24.1 Å². The molecule has 0 saturated carbocycles. The Morgan fingerprint density at radius 1 is 1.16 bits per heavy atom. The molecular formula is C23H25F4N3O2. The molecule has 1 saturated heterocycles. The summed E-state index contributed by atoms with van der Waals surface area (Å²) >= 11 is 0. The van der Waals surface area contributed by atoms with Gasteiger partial charge in [-0.1, -0.05) is 6.07 Å². The third kappa shape index (κ3) is 4.73. The third-order valence-electron chi connectivity index (χ3n) is 5.74. The van der Waals surface area contributed by atoms with Gasteiger partial charge in [-0.25, -0.2) is 9.38 Å². The summed E-state index contributed by atoms with van der Waals surface area (Å²) in [6.45, 7) is 4.13. The molecule has 1 unspecified atom stereocenters. The van der Waals surface area contributed by atoms with Crippen LogP contribution in [0.2, 0.25) is 0 Å². The fraction of sp³-hybridized carbons (Fsp3) is 0.435. The number of rotatable bonds is 6. The number of hydrogen-bond acceptors (Lipinski definition) is 5. The highest BCUT2D eigenvalue weighted by molar-refractivity contribution is 6.00. The molecule has 172 valence electrons. The van der Waals surface area contributed by atoms with Crippen LogP contribution in [0.4, 0.5) is 28.9 Å². The molecule has 4 rings (SSSR count). The van der Waals surface area contributed by atoms with Crippen LogP contribution in [-0.4, -0.2) is 48.3 Å². The lowest BCUT2D eigenvalue weighted by Crippen LogP contribution is -2.36. The molecule has 1 N–H and O–H groups in total. The number of benzene rings is 2. The normalized spacial score (nSPS) is 21.4. The number of anilines is 1. The Morgan fingerprint density at radius 3 is 2.56 bits per heavy atom. The first-order valence-corrected chi connectivity index (χ1v) is 10.6. The molecule has 2 aromatic carbocycles. The van der Waals surface area contributed by atoms with E-state index in [1.54, 1.807) is 31.2 Å². The van der Waals surface area contributed by atoms with Crippen LogP contribution >= 0.6 is 0 Å². The molecule has 5 nitrogen and oxygen atoms in total. The molecule has 2 aromatic rings. The Hall–Kier alpha value is -2.65. The van der Waals surface area contributed by atoms with E-state index in [0.717, 1.165) is 25.6 Å². The molecule has 0 aliphatic carbocycles. The smallest absolute Gasteiger partial charge is 0.416 e. The summed E-state index contributed by atoms with van der Waals surface area (Å²) in [7, 11) is 0. The molecule has 0 bridgehead atoms. The second-order valence-electron chi connectivity index (χ2n) is 8.02. The maximum atomic E-state index is 13.5. The van der Waals surface area contributed by atoms with E-state index in [9.17, 15) is 22.7 Å². The van der Waals surface area contributed by atoms with Gasteiger partial charge in [-0.15, -0.1) is 0 Å². The molecule has 2 atom stereocenters. The Labute approximate surface area is 183 Å². The van der Waals surface area contributed by atoms with E-state index in [1.807, 2.05) is 0 Å². The second kappa shape index (κ2) is 9.07. The maximum Gasteiger partial charge on any atom is 0.416 e. The number of aliphatic hydroxyl groups excluding tert-OH is 1. The van der Waals surface area contributed by atoms with E-state index in [0.29, 0.717) is 36.8 Å². The summed E-state index contributed by atoms with van der Waals surface area (Å²) in [5.41, 5.74) is -0.554. The number of likely N-dealkylation sites (tertiary alicyclic amines) is 1. The standard InChI is InChI=1S/C23H25F4N3O2/c1-15-28-20-5-2-4-19(23(25,26)27)21(20)22(31)30(15)17-6-8-18(9-7-17)32-13-3-11-29-12-10-16(24)14-29/h2,4-9,16,22,31H,3,10-14H2,1H3/t16-,22?/m1/s1. The number of fused-ring (bicyclic) bond motifs is 1. The lowest BCUT2D eigenvalue weighted by Gasteiger charge is -2.35. The minimum Gasteiger partial charge on any atom is -0.494 e. The van der Waals surface area contributed by atoms with Gasteiger partial charge in [0.05, 0.1) is 17.9 Å². The van der Waals surface area contributed by atoms with Crippen molar-refractivity contribution in [1.82, 2.24) is 4.90 Å². The van der Waals surface area contributed by atoms with E-state index in [4.69, 9.17) is 4.74 Å². The van der Waals surface area contributed by atoms with E-state index >= 15 is 0 Å². The molecule has 0 radical (unpaired) electrons. The van der Waals surface area contributed by atoms with Gasteiger partial charge in [0, 0.05) is 30.9 Å². The second-order valence-corrected chi connectivity index (χ2v) is 8.02. The zero-order valence-electron chi connectivity index (χ0n) is 17.6. The summed E-state index contributed by atoms with van der Waals surface area (Å²) in [4.78, 5) is 7.71. The van der Waals surface area contributed by atoms with Crippen molar-refractivity contribution in [3.8, 4) is 5.75 Å². The van der Waals surface area contributed by atoms with Crippen molar-refractivity contribution in [1.29, 1.82) is 0 Å². The van der Waals surface area contributed by atoms with Gasteiger partial charge in [0.2, 0.25) is 0 Å². The highest BCUT2D eigenvalue weighted by atomic mass is 19.4. The van der Waals surface area contributed by atoms with Crippen LogP contribution in [0.3, 0.4) is 0 Å². The van der Waals surface area contributed by atoms with Crippen LogP contribution in [-0.2, 0) is 6.18 Å². The van der Waals surface area contributed by atoms with Gasteiger partial charge in [-0.05, 0) is 56.2 Å². The molecule has 0 aromatic heterocycles. The molecule has 32 heavy (non-hydrogen) atoms. The van der Waals surface area contributed by atoms with E-state index in [2.05, 4.69) is 9.89 Å². The van der Waals surface area contributed by atoms with Crippen molar-refractivity contribution >= 4 is 17.2 Å². The van der Waals surface area contributed by atoms with E-state index in [1.165, 1.54) is 17.0 Å². The lowest BCUT2D eigenvalue weighted by atomic mass is 10.0. The van der Waals surface area contributed by atoms with Crippen molar-refractivity contribution in [2.24, 2.45) is 4.99 Å². The Kier molecular flexibility index (Phi) is 6.39. The summed E-state index contributed by atoms with van der Waals surface area (Å²) < 4.78 is 59.4. The van der Waals surface area contributed by atoms with Gasteiger partial charge in [0.15, 0.2) is 6.23 Å². The predicted octanol–water partition coefficient (Wildman–Crippen LogP) is 5.08. The number of aliphatic hydroxyl groups is 1. The Morgan fingerprint density at radius 2 is 1.91 bits per heavy atom. The fourth-order valence-corrected chi connectivity index (χ4v) is 4.20. The number of ether oxygens (including phenoxy) is 1. The highest BCUT2D eigenvalue weighted by Crippen LogP contribution is 2.44. The number of halogens is 4. The molecule has 0 amide bonds. The summed E-state index contributed by atoms with van der Waals surface area (Å²) in [6, 6.07) is 10.4. The van der Waals surface area contributed by atoms with E-state index in [-0.39, 0.29) is 11.3 Å². The first kappa shape index (κ1) is 22.5. The van der Waals surface area contributed by atoms with Crippen LogP contribution in [0.1, 0.15) is 37.1 Å². The van der Waals surface area contributed by atoms with Crippen molar-refractivity contribution in [3.63, 3.8) is 0 Å². The van der Waals surface area contributed by atoms with Gasteiger partial charge < -0.3 is 14.7 Å². The number of hydrogen-bond donors (Lipinski definition) is 1. The lowest BCUT2D eigenvalue weighted by molar-refractivity contribution is -0.139. The van der Waals surface area contributed by atoms with Gasteiger partial charge in [-0.3, -0.25) is 4.90 Å². The Bertz CT molecular complexity index is 978. The molecule has 2 heterocycles. The molecule has 2 aliphatic heterocycles. The average Bonchev–Trinajstić information content (AvgIpc) is 3.16. The Balaban J connectivity index is 1.43. The van der Waals surface area contributed by atoms with Crippen molar-refractivity contribution in [2.75, 3.05) is 31.1 Å². The van der Waals surface area contributed by atoms with Crippen molar-refractivity contribution in [2.45, 2.75) is 38.3 Å². The minimum absolute atomic E-state index is 0.109. The molecular weight excluding hydrogens is 426 g/mol. The number of aliphatic imine (C=N–C) groups is 1. The summed E-state index contributed by atoms with van der Waals surface area (Å²) in [5.74, 6) is 0.991. The first-order valence-electron chi connectivity index (χ1n) is 10.6. The molecule has 0 spiro atoms. The SMILES string of the molecule is CC1=Nc2cccc(C(F)(F)F)c2C(O)N1c1ccc(OCCCN2CC[C@@H](F)C2)cc1. The largest absolute Gasteiger partial charge is 0.494 e. The third-order valence-corrected chi connectivity index (χ3v) is 5.74. The van der Waals surface area contributed by atoms with Gasteiger partial charge in [0.25, 0.3) is 0 Å². The number of nitrogens with zero attached hydrogens (tertiary/aromatic N) is 3. The fourth-order valence-electron chi connectivity index (χ4n) is 4.20. The van der Waals surface area contributed by atoms with Gasteiger partial charge in [0.1, 0.15) is 17.8 Å². The van der Waals surface area contributed by atoms with Crippen LogP contribution in [0.15, 0.2) is 47.5 Å². The van der Waals surface area contributed by atoms with Crippen molar-refractivity contribution < 1.29 is 27.4 Å². The topological polar surface area (TPSA) is 48.3 Å². The zero-order valence-corrected chi connectivity index (χ0v) is 17.6. The zero-order chi connectivity index (χ0) is 22.9. The summed E-state index contributed by atoms with van der Waals surface area (Å²) in [5, 5.41) is 10.8. The average molecular weight is 451 g/mol. The van der Waals surface area contributed by atoms with Crippen molar-refractivity contribution in [3.05, 3.63) is 53.6 Å². The minimum atomic E-state index is -4.60. The van der Waals surface area contributed by atoms with Crippen LogP contribution < -0.4 is 9.64 Å². The molecule has 1 fully saturated rings.